The second-order valence-corrected chi connectivity index (χ2v) is 10.3. The highest BCUT2D eigenvalue weighted by molar-refractivity contribution is 9.10. The third-order valence-electron chi connectivity index (χ3n) is 6.47. The van der Waals surface area contributed by atoms with Crippen LogP contribution in [-0.2, 0) is 0 Å². The molecule has 0 unspecified atom stereocenters. The van der Waals surface area contributed by atoms with E-state index in [1.807, 2.05) is 0 Å². The van der Waals surface area contributed by atoms with E-state index >= 15 is 0 Å². The molecule has 3 aromatic carbocycles. The number of hydrogen-bond acceptors (Lipinski definition) is 0. The topological polar surface area (TPSA) is 0 Å². The quantitative estimate of drug-likeness (QED) is 0.333. The number of hydrogen-bond donors (Lipinski definition) is 0. The molecular weight excluding hydrogens is 484 g/mol. The largest absolute Gasteiger partial charge is 0.0726 e. The van der Waals surface area contributed by atoms with Crippen molar-refractivity contribution in [1.29, 1.82) is 0 Å². The van der Waals surface area contributed by atoms with Gasteiger partial charge in [-0.25, -0.2) is 0 Å². The van der Waals surface area contributed by atoms with Crippen molar-refractivity contribution >= 4 is 37.4 Å². The van der Waals surface area contributed by atoms with Crippen molar-refractivity contribution in [3.63, 3.8) is 0 Å². The summed E-state index contributed by atoms with van der Waals surface area (Å²) in [6, 6.07) is 24.2. The lowest BCUT2D eigenvalue weighted by molar-refractivity contribution is 0.388. The second-order valence-electron chi connectivity index (χ2n) is 8.52. The van der Waals surface area contributed by atoms with Crippen LogP contribution in [0.1, 0.15) is 42.9 Å². The van der Waals surface area contributed by atoms with E-state index in [1.165, 1.54) is 39.0 Å². The van der Waals surface area contributed by atoms with Gasteiger partial charge in [-0.15, -0.1) is 0 Å². The molecule has 0 N–H and O–H groups in total. The minimum Gasteiger partial charge on any atom is -0.0726 e. The summed E-state index contributed by atoms with van der Waals surface area (Å²) in [4.78, 5) is 0. The molecule has 0 aromatic heterocycles. The predicted octanol–water partition coefficient (Wildman–Crippen LogP) is 8.76. The van der Waals surface area contributed by atoms with E-state index in [0.717, 1.165) is 15.4 Å². The molecule has 0 fully saturated rings. The van der Waals surface area contributed by atoms with E-state index in [2.05, 4.69) is 125 Å². The van der Waals surface area contributed by atoms with Crippen molar-refractivity contribution in [2.45, 2.75) is 26.2 Å². The Morgan fingerprint density at radius 3 is 1.97 bits per heavy atom. The van der Waals surface area contributed by atoms with Crippen LogP contribution in [0, 0.1) is 5.41 Å². The third kappa shape index (κ3) is 3.17. The van der Waals surface area contributed by atoms with Gasteiger partial charge in [0.2, 0.25) is 0 Å². The summed E-state index contributed by atoms with van der Waals surface area (Å²) in [6.45, 7) is 4.82. The molecule has 2 aliphatic rings. The predicted molar refractivity (Wildman–Crippen MR) is 130 cm³/mol. The number of halogens is 2. The molecule has 3 aromatic rings. The molecule has 0 heterocycles. The maximum atomic E-state index is 3.71. The van der Waals surface area contributed by atoms with E-state index in [-0.39, 0.29) is 5.41 Å². The van der Waals surface area contributed by atoms with Crippen molar-refractivity contribution in [3.8, 4) is 11.1 Å². The maximum absolute atomic E-state index is 3.71. The molecule has 2 heteroatoms. The molecule has 0 amide bonds. The average molecular weight is 506 g/mol. The van der Waals surface area contributed by atoms with E-state index in [4.69, 9.17) is 0 Å². The Labute approximate surface area is 189 Å². The molecule has 0 radical (unpaired) electrons. The van der Waals surface area contributed by atoms with Crippen LogP contribution in [0.4, 0.5) is 0 Å². The lowest BCUT2D eigenvalue weighted by Gasteiger charge is -2.35. The van der Waals surface area contributed by atoms with Crippen molar-refractivity contribution in [2.75, 3.05) is 0 Å². The number of benzene rings is 3. The van der Waals surface area contributed by atoms with Gasteiger partial charge in [0.1, 0.15) is 0 Å². The van der Waals surface area contributed by atoms with E-state index in [9.17, 15) is 0 Å². The van der Waals surface area contributed by atoms with Gasteiger partial charge < -0.3 is 0 Å². The van der Waals surface area contributed by atoms with Gasteiger partial charge in [0.15, 0.2) is 0 Å². The molecule has 0 nitrogen and oxygen atoms in total. The molecule has 0 spiro atoms. The molecule has 5 rings (SSSR count). The molecule has 0 aliphatic heterocycles. The summed E-state index contributed by atoms with van der Waals surface area (Å²) >= 11 is 7.42. The Balaban J connectivity index is 1.62. The van der Waals surface area contributed by atoms with Crippen LogP contribution in [0.25, 0.3) is 16.7 Å². The second kappa shape index (κ2) is 7.11. The van der Waals surface area contributed by atoms with Crippen molar-refractivity contribution in [1.82, 2.24) is 0 Å². The zero-order valence-electron chi connectivity index (χ0n) is 16.5. The van der Waals surface area contributed by atoms with Gasteiger partial charge in [-0.1, -0.05) is 106 Å². The Morgan fingerprint density at radius 1 is 0.793 bits per heavy atom. The summed E-state index contributed by atoms with van der Waals surface area (Å²) in [5, 5.41) is 0. The summed E-state index contributed by atoms with van der Waals surface area (Å²) < 4.78 is 2.29. The van der Waals surface area contributed by atoms with Crippen molar-refractivity contribution in [3.05, 3.63) is 110 Å². The zero-order valence-corrected chi connectivity index (χ0v) is 19.7. The SMILES string of the molecule is CC(C)(C1=CC(c2ccccc2)=CC1)C1c2cc(Br)ccc2-c2ccc(Br)cc21. The fourth-order valence-corrected chi connectivity index (χ4v) is 5.73. The number of fused-ring (bicyclic) bond motifs is 3. The van der Waals surface area contributed by atoms with Gasteiger partial charge in [0.25, 0.3) is 0 Å². The molecular formula is C27H22Br2. The standard InChI is InChI=1S/C27H22Br2/c1-27(2,19-9-8-18(14-19)17-6-4-3-5-7-17)26-24-15-20(28)10-12-22(24)23-13-11-21(29)16-25(23)26/h3-8,10-16,26H,9H2,1-2H3. The third-order valence-corrected chi connectivity index (χ3v) is 7.45. The summed E-state index contributed by atoms with van der Waals surface area (Å²) in [7, 11) is 0. The number of rotatable bonds is 3. The highest BCUT2D eigenvalue weighted by Crippen LogP contribution is 2.57. The van der Waals surface area contributed by atoms with E-state index in [1.54, 1.807) is 0 Å². The molecule has 0 saturated carbocycles. The maximum Gasteiger partial charge on any atom is 0.0191 e. The van der Waals surface area contributed by atoms with Gasteiger partial charge >= 0.3 is 0 Å². The van der Waals surface area contributed by atoms with Gasteiger partial charge in [0, 0.05) is 14.9 Å². The molecule has 0 atom stereocenters. The number of allylic oxidation sites excluding steroid dienone is 4. The highest BCUT2D eigenvalue weighted by atomic mass is 79.9. The van der Waals surface area contributed by atoms with E-state index < -0.39 is 0 Å². The molecule has 0 bridgehead atoms. The highest BCUT2D eigenvalue weighted by Gasteiger charge is 2.42. The van der Waals surface area contributed by atoms with Crippen LogP contribution < -0.4 is 0 Å². The molecule has 29 heavy (non-hydrogen) atoms. The molecule has 144 valence electrons. The normalized spacial score (nSPS) is 15.7. The van der Waals surface area contributed by atoms with Crippen LogP contribution >= 0.6 is 31.9 Å². The minimum atomic E-state index is 0.00855. The first kappa shape index (κ1) is 19.1. The Kier molecular flexibility index (Phi) is 4.68. The minimum absolute atomic E-state index is 0.00855. The lowest BCUT2D eigenvalue weighted by Crippen LogP contribution is -2.24. The smallest absolute Gasteiger partial charge is 0.0191 e. The van der Waals surface area contributed by atoms with Crippen LogP contribution in [0.2, 0.25) is 0 Å². The Hall–Kier alpha value is -1.90. The van der Waals surface area contributed by atoms with Gasteiger partial charge in [-0.3, -0.25) is 0 Å². The lowest BCUT2D eigenvalue weighted by atomic mass is 9.68. The first-order chi connectivity index (χ1) is 13.9. The summed E-state index contributed by atoms with van der Waals surface area (Å²) in [5.41, 5.74) is 9.73. The molecule has 0 saturated heterocycles. The summed E-state index contributed by atoms with van der Waals surface area (Å²) in [5.74, 6) is 0.331. The fourth-order valence-electron chi connectivity index (χ4n) is 4.97. The Morgan fingerprint density at radius 2 is 1.38 bits per heavy atom. The first-order valence-electron chi connectivity index (χ1n) is 10.0. The average Bonchev–Trinajstić information content (AvgIpc) is 3.31. The van der Waals surface area contributed by atoms with Crippen molar-refractivity contribution in [2.24, 2.45) is 5.41 Å². The Bertz CT molecular complexity index is 1110. The van der Waals surface area contributed by atoms with Crippen LogP contribution in [0.15, 0.2) is 93.4 Å². The van der Waals surface area contributed by atoms with Crippen molar-refractivity contribution < 1.29 is 0 Å². The van der Waals surface area contributed by atoms with Crippen LogP contribution in [0.5, 0.6) is 0 Å². The fraction of sp³-hybridized carbons (Fsp3) is 0.185. The van der Waals surface area contributed by atoms with Gasteiger partial charge in [-0.05, 0) is 69.5 Å². The van der Waals surface area contributed by atoms with Gasteiger partial charge in [0.05, 0.1) is 0 Å². The first-order valence-corrected chi connectivity index (χ1v) is 11.6. The van der Waals surface area contributed by atoms with Crippen LogP contribution in [-0.4, -0.2) is 0 Å². The monoisotopic (exact) mass is 504 g/mol. The zero-order chi connectivity index (χ0) is 20.2. The summed E-state index contributed by atoms with van der Waals surface area (Å²) in [6.07, 6.45) is 5.81. The van der Waals surface area contributed by atoms with Crippen LogP contribution in [0.3, 0.4) is 0 Å². The van der Waals surface area contributed by atoms with Gasteiger partial charge in [-0.2, -0.15) is 0 Å². The molecule has 2 aliphatic carbocycles. The van der Waals surface area contributed by atoms with E-state index in [0.29, 0.717) is 5.92 Å².